The van der Waals surface area contributed by atoms with E-state index in [0.717, 1.165) is 24.0 Å². The second-order valence-corrected chi connectivity index (χ2v) is 10.9. The smallest absolute Gasteiger partial charge is 0.243 e. The van der Waals surface area contributed by atoms with E-state index in [1.165, 1.54) is 17.3 Å². The average molecular weight is 558 g/mol. The van der Waals surface area contributed by atoms with Crippen LogP contribution in [0.1, 0.15) is 42.0 Å². The minimum atomic E-state index is -0.695. The maximum absolute atomic E-state index is 13.7. The topological polar surface area (TPSA) is 49.4 Å². The molecule has 1 atom stereocenters. The van der Waals surface area contributed by atoms with Crippen LogP contribution in [0.5, 0.6) is 0 Å². The Morgan fingerprint density at radius 3 is 2.24 bits per heavy atom. The standard InChI is InChI=1S/C30H34Cl2N2O2S/c1-3-4-17-33-30(36)28(18-23-9-6-5-7-10-23)34(19-25-26(31)11-8-12-27(25)32)29(35)21-37-20-24-15-13-22(2)14-16-24/h5-16,28H,3-4,17-21H2,1-2H3,(H,33,36). The number of hydrogen-bond acceptors (Lipinski definition) is 3. The van der Waals surface area contributed by atoms with Gasteiger partial charge in [0.05, 0.1) is 5.75 Å². The fraction of sp³-hybridized carbons (Fsp3) is 0.333. The van der Waals surface area contributed by atoms with E-state index in [0.29, 0.717) is 34.3 Å². The van der Waals surface area contributed by atoms with Gasteiger partial charge >= 0.3 is 0 Å². The number of benzene rings is 3. The largest absolute Gasteiger partial charge is 0.354 e. The minimum absolute atomic E-state index is 0.125. The van der Waals surface area contributed by atoms with Crippen molar-refractivity contribution >= 4 is 46.8 Å². The molecule has 0 spiro atoms. The highest BCUT2D eigenvalue weighted by Gasteiger charge is 2.31. The molecule has 0 bridgehead atoms. The zero-order valence-electron chi connectivity index (χ0n) is 21.4. The molecule has 0 saturated heterocycles. The summed E-state index contributed by atoms with van der Waals surface area (Å²) < 4.78 is 0. The quantitative estimate of drug-likeness (QED) is 0.228. The number of thioether (sulfide) groups is 1. The first-order valence-corrected chi connectivity index (χ1v) is 14.5. The van der Waals surface area contributed by atoms with Crippen molar-refractivity contribution in [2.75, 3.05) is 12.3 Å². The van der Waals surface area contributed by atoms with Crippen molar-refractivity contribution in [3.8, 4) is 0 Å². The Morgan fingerprint density at radius 2 is 1.59 bits per heavy atom. The van der Waals surface area contributed by atoms with Gasteiger partial charge < -0.3 is 10.2 Å². The van der Waals surface area contributed by atoms with E-state index in [1.54, 1.807) is 23.1 Å². The number of amides is 2. The Bertz CT molecular complexity index is 1140. The first-order chi connectivity index (χ1) is 17.9. The Labute approximate surface area is 234 Å². The van der Waals surface area contributed by atoms with Crippen LogP contribution in [0, 0.1) is 6.92 Å². The van der Waals surface area contributed by atoms with Crippen molar-refractivity contribution in [1.29, 1.82) is 0 Å². The zero-order valence-corrected chi connectivity index (χ0v) is 23.7. The molecule has 0 heterocycles. The van der Waals surface area contributed by atoms with Crippen LogP contribution in [0.25, 0.3) is 0 Å². The number of nitrogens with zero attached hydrogens (tertiary/aromatic N) is 1. The fourth-order valence-electron chi connectivity index (χ4n) is 3.94. The van der Waals surface area contributed by atoms with Crippen molar-refractivity contribution in [2.45, 2.75) is 51.4 Å². The Hall–Kier alpha value is -2.47. The van der Waals surface area contributed by atoms with Gasteiger partial charge in [-0.25, -0.2) is 0 Å². The fourth-order valence-corrected chi connectivity index (χ4v) is 5.32. The lowest BCUT2D eigenvalue weighted by atomic mass is 10.0. The van der Waals surface area contributed by atoms with Gasteiger partial charge in [0.1, 0.15) is 6.04 Å². The Balaban J connectivity index is 1.87. The molecule has 4 nitrogen and oxygen atoms in total. The summed E-state index contributed by atoms with van der Waals surface area (Å²) in [6.07, 6.45) is 2.24. The van der Waals surface area contributed by atoms with Crippen LogP contribution in [0.15, 0.2) is 72.8 Å². The molecule has 1 N–H and O–H groups in total. The molecule has 196 valence electrons. The molecule has 0 aliphatic carbocycles. The molecule has 3 rings (SSSR count). The summed E-state index contributed by atoms with van der Waals surface area (Å²) in [6.45, 7) is 4.85. The molecule has 0 saturated carbocycles. The Morgan fingerprint density at radius 1 is 0.919 bits per heavy atom. The van der Waals surface area contributed by atoms with E-state index in [9.17, 15) is 9.59 Å². The molecule has 2 amide bonds. The van der Waals surface area contributed by atoms with Crippen molar-refractivity contribution in [2.24, 2.45) is 0 Å². The van der Waals surface area contributed by atoms with E-state index in [4.69, 9.17) is 23.2 Å². The predicted molar refractivity (Wildman–Crippen MR) is 156 cm³/mol. The number of nitrogens with one attached hydrogen (secondary N) is 1. The van der Waals surface area contributed by atoms with Gasteiger partial charge in [-0.2, -0.15) is 0 Å². The van der Waals surface area contributed by atoms with Crippen molar-refractivity contribution in [1.82, 2.24) is 10.2 Å². The summed E-state index contributed by atoms with van der Waals surface area (Å²) in [7, 11) is 0. The number of carbonyl (C=O) groups is 2. The average Bonchev–Trinajstić information content (AvgIpc) is 2.89. The summed E-state index contributed by atoms with van der Waals surface area (Å²) in [5.41, 5.74) is 3.98. The first kappa shape index (κ1) is 29.1. The minimum Gasteiger partial charge on any atom is -0.354 e. The third kappa shape index (κ3) is 9.10. The molecular weight excluding hydrogens is 523 g/mol. The summed E-state index contributed by atoms with van der Waals surface area (Å²) in [5.74, 6) is 0.652. The van der Waals surface area contributed by atoms with Gasteiger partial charge in [0.15, 0.2) is 0 Å². The number of hydrogen-bond donors (Lipinski definition) is 1. The number of halogens is 2. The lowest BCUT2D eigenvalue weighted by Crippen LogP contribution is -2.51. The molecule has 3 aromatic rings. The van der Waals surface area contributed by atoms with Crippen LogP contribution >= 0.6 is 35.0 Å². The van der Waals surface area contributed by atoms with Gasteiger partial charge in [-0.05, 0) is 36.6 Å². The summed E-state index contributed by atoms with van der Waals surface area (Å²) in [5, 5.41) is 3.98. The molecule has 3 aromatic carbocycles. The van der Waals surface area contributed by atoms with Gasteiger partial charge in [0.25, 0.3) is 0 Å². The van der Waals surface area contributed by atoms with Gasteiger partial charge in [-0.1, -0.05) is 103 Å². The van der Waals surface area contributed by atoms with Gasteiger partial charge in [-0.3, -0.25) is 9.59 Å². The number of carbonyl (C=O) groups excluding carboxylic acids is 2. The molecule has 0 aromatic heterocycles. The van der Waals surface area contributed by atoms with Gasteiger partial charge in [0, 0.05) is 40.9 Å². The highest BCUT2D eigenvalue weighted by Crippen LogP contribution is 2.28. The van der Waals surface area contributed by atoms with Crippen molar-refractivity contribution < 1.29 is 9.59 Å². The highest BCUT2D eigenvalue weighted by atomic mass is 35.5. The van der Waals surface area contributed by atoms with Gasteiger partial charge in [0.2, 0.25) is 11.8 Å². The SMILES string of the molecule is CCCCNC(=O)C(Cc1ccccc1)N(Cc1c(Cl)cccc1Cl)C(=O)CSCc1ccc(C)cc1. The molecular formula is C30H34Cl2N2O2S. The highest BCUT2D eigenvalue weighted by molar-refractivity contribution is 7.99. The van der Waals surface area contributed by atoms with Crippen LogP contribution in [-0.4, -0.2) is 35.1 Å². The maximum atomic E-state index is 13.7. The van der Waals surface area contributed by atoms with E-state index < -0.39 is 6.04 Å². The summed E-state index contributed by atoms with van der Waals surface area (Å²) >= 11 is 14.5. The molecule has 0 aliphatic heterocycles. The predicted octanol–water partition coefficient (Wildman–Crippen LogP) is 7.09. The zero-order chi connectivity index (χ0) is 26.6. The number of rotatable bonds is 13. The van der Waals surface area contributed by atoms with Crippen LogP contribution in [0.2, 0.25) is 10.0 Å². The lowest BCUT2D eigenvalue weighted by Gasteiger charge is -2.32. The number of aryl methyl sites for hydroxylation is 1. The summed E-state index contributed by atoms with van der Waals surface area (Å²) in [4.78, 5) is 28.8. The Kier molecular flexibility index (Phi) is 11.8. The van der Waals surface area contributed by atoms with E-state index in [-0.39, 0.29) is 24.1 Å². The molecule has 0 fully saturated rings. The molecule has 37 heavy (non-hydrogen) atoms. The molecule has 7 heteroatoms. The molecule has 1 unspecified atom stereocenters. The first-order valence-electron chi connectivity index (χ1n) is 12.6. The lowest BCUT2D eigenvalue weighted by molar-refractivity contribution is -0.139. The van der Waals surface area contributed by atoms with Crippen LogP contribution < -0.4 is 5.32 Å². The van der Waals surface area contributed by atoms with Crippen molar-refractivity contribution in [3.05, 3.63) is 105 Å². The van der Waals surface area contributed by atoms with E-state index in [1.807, 2.05) is 30.3 Å². The normalized spacial score (nSPS) is 11.7. The third-order valence-corrected chi connectivity index (χ3v) is 7.80. The maximum Gasteiger partial charge on any atom is 0.243 e. The monoisotopic (exact) mass is 556 g/mol. The third-order valence-electron chi connectivity index (χ3n) is 6.11. The van der Waals surface area contributed by atoms with Crippen molar-refractivity contribution in [3.63, 3.8) is 0 Å². The molecule has 0 aliphatic rings. The second kappa shape index (κ2) is 15.1. The molecule has 0 radical (unpaired) electrons. The summed E-state index contributed by atoms with van der Waals surface area (Å²) in [6, 6.07) is 22.7. The number of unbranched alkanes of at least 4 members (excludes halogenated alkanes) is 1. The second-order valence-electron chi connectivity index (χ2n) is 9.05. The van der Waals surface area contributed by atoms with Crippen LogP contribution in [0.3, 0.4) is 0 Å². The van der Waals surface area contributed by atoms with Gasteiger partial charge in [-0.15, -0.1) is 11.8 Å². The van der Waals surface area contributed by atoms with E-state index >= 15 is 0 Å². The van der Waals surface area contributed by atoms with Crippen LogP contribution in [0.4, 0.5) is 0 Å². The van der Waals surface area contributed by atoms with E-state index in [2.05, 4.69) is 43.4 Å². The van der Waals surface area contributed by atoms with Crippen LogP contribution in [-0.2, 0) is 28.3 Å².